The number of para-hydroxylation sites is 1. The predicted molar refractivity (Wildman–Crippen MR) is 72.9 cm³/mol. The zero-order valence-electron chi connectivity index (χ0n) is 10.5. The summed E-state index contributed by atoms with van der Waals surface area (Å²) in [6.07, 6.45) is 1.80. The summed E-state index contributed by atoms with van der Waals surface area (Å²) >= 11 is 0. The van der Waals surface area contributed by atoms with Gasteiger partial charge in [0.05, 0.1) is 18.7 Å². The third-order valence-corrected chi connectivity index (χ3v) is 2.90. The Morgan fingerprint density at radius 1 is 1.22 bits per heavy atom. The molecule has 0 spiro atoms. The van der Waals surface area contributed by atoms with Crippen LogP contribution in [0.2, 0.25) is 0 Å². The van der Waals surface area contributed by atoms with Crippen LogP contribution in [0.1, 0.15) is 0 Å². The maximum Gasteiger partial charge on any atom is 0.0722 e. The van der Waals surface area contributed by atoms with Gasteiger partial charge in [-0.05, 0) is 12.1 Å². The molecule has 0 unspecified atom stereocenters. The first-order chi connectivity index (χ1) is 8.86. The number of aromatic nitrogens is 1. The molecule has 2 rings (SSSR count). The molecule has 1 aromatic carbocycles. The Labute approximate surface area is 107 Å². The van der Waals surface area contributed by atoms with Crippen LogP contribution in [-0.4, -0.2) is 43.5 Å². The van der Waals surface area contributed by atoms with Crippen LogP contribution in [0.5, 0.6) is 0 Å². The highest BCUT2D eigenvalue weighted by atomic mass is 16.5. The van der Waals surface area contributed by atoms with Crippen molar-refractivity contribution in [2.24, 2.45) is 0 Å². The van der Waals surface area contributed by atoms with Gasteiger partial charge >= 0.3 is 0 Å². The highest BCUT2D eigenvalue weighted by molar-refractivity contribution is 5.91. The molecular formula is C14H18N2O2. The first-order valence-corrected chi connectivity index (χ1v) is 6.05. The zero-order chi connectivity index (χ0) is 12.8. The number of hydrogen-bond acceptors (Lipinski definition) is 4. The number of methoxy groups -OCH3 is 1. The minimum absolute atomic E-state index is 0.125. The molecule has 0 aliphatic rings. The predicted octanol–water partition coefficient (Wildman–Crippen LogP) is 1.68. The van der Waals surface area contributed by atoms with E-state index in [4.69, 9.17) is 4.74 Å². The van der Waals surface area contributed by atoms with Crippen molar-refractivity contribution in [2.45, 2.75) is 0 Å². The molecule has 0 amide bonds. The van der Waals surface area contributed by atoms with Gasteiger partial charge in [-0.3, -0.25) is 4.98 Å². The smallest absolute Gasteiger partial charge is 0.0722 e. The second kappa shape index (κ2) is 6.33. The van der Waals surface area contributed by atoms with Gasteiger partial charge in [-0.25, -0.2) is 0 Å². The first kappa shape index (κ1) is 12.8. The number of aliphatic hydroxyl groups is 1. The number of benzene rings is 1. The Morgan fingerprint density at radius 3 is 2.83 bits per heavy atom. The number of rotatable bonds is 6. The molecule has 0 radical (unpaired) electrons. The van der Waals surface area contributed by atoms with Crippen molar-refractivity contribution in [1.82, 2.24) is 4.98 Å². The van der Waals surface area contributed by atoms with E-state index in [2.05, 4.69) is 16.0 Å². The molecular weight excluding hydrogens is 228 g/mol. The van der Waals surface area contributed by atoms with Crippen molar-refractivity contribution >= 4 is 16.6 Å². The number of pyridine rings is 1. The highest BCUT2D eigenvalue weighted by Crippen LogP contribution is 2.24. The van der Waals surface area contributed by atoms with E-state index in [0.717, 1.165) is 23.1 Å². The molecule has 0 bridgehead atoms. The first-order valence-electron chi connectivity index (χ1n) is 6.05. The fourth-order valence-corrected chi connectivity index (χ4v) is 2.03. The summed E-state index contributed by atoms with van der Waals surface area (Å²) in [5.41, 5.74) is 2.06. The van der Waals surface area contributed by atoms with E-state index >= 15 is 0 Å². The molecule has 1 aromatic heterocycles. The summed E-state index contributed by atoms with van der Waals surface area (Å²) in [6, 6.07) is 10.0. The Morgan fingerprint density at radius 2 is 2.06 bits per heavy atom. The van der Waals surface area contributed by atoms with Crippen molar-refractivity contribution < 1.29 is 9.84 Å². The molecule has 0 atom stereocenters. The summed E-state index contributed by atoms with van der Waals surface area (Å²) in [4.78, 5) is 6.46. The largest absolute Gasteiger partial charge is 0.395 e. The lowest BCUT2D eigenvalue weighted by molar-refractivity contribution is 0.203. The molecule has 1 N–H and O–H groups in total. The normalized spacial score (nSPS) is 10.8. The molecule has 4 nitrogen and oxygen atoms in total. The monoisotopic (exact) mass is 246 g/mol. The fraction of sp³-hybridized carbons (Fsp3) is 0.357. The summed E-state index contributed by atoms with van der Waals surface area (Å²) in [5.74, 6) is 0. The van der Waals surface area contributed by atoms with E-state index in [-0.39, 0.29) is 6.61 Å². The average molecular weight is 246 g/mol. The van der Waals surface area contributed by atoms with Gasteiger partial charge in [0.2, 0.25) is 0 Å². The summed E-state index contributed by atoms with van der Waals surface area (Å²) in [6.45, 7) is 2.11. The van der Waals surface area contributed by atoms with E-state index in [1.807, 2.05) is 24.3 Å². The Balaban J connectivity index is 2.36. The standard InChI is InChI=1S/C14H18N2O2/c1-18-11-9-16(8-10-17)14-6-7-15-13-5-3-2-4-12(13)14/h2-7,17H,8-11H2,1H3. The lowest BCUT2D eigenvalue weighted by Gasteiger charge is -2.24. The molecule has 1 heterocycles. The second-order valence-electron chi connectivity index (χ2n) is 4.05. The summed E-state index contributed by atoms with van der Waals surface area (Å²) in [7, 11) is 1.68. The Kier molecular flexibility index (Phi) is 4.50. The maximum absolute atomic E-state index is 9.17. The molecule has 2 aromatic rings. The van der Waals surface area contributed by atoms with Crippen molar-refractivity contribution in [3.05, 3.63) is 36.5 Å². The van der Waals surface area contributed by atoms with Gasteiger partial charge in [0.25, 0.3) is 0 Å². The van der Waals surface area contributed by atoms with Crippen molar-refractivity contribution in [1.29, 1.82) is 0 Å². The van der Waals surface area contributed by atoms with Crippen LogP contribution in [0.25, 0.3) is 10.9 Å². The van der Waals surface area contributed by atoms with E-state index in [1.165, 1.54) is 0 Å². The number of anilines is 1. The quantitative estimate of drug-likeness (QED) is 0.842. The van der Waals surface area contributed by atoms with Crippen LogP contribution in [0.4, 0.5) is 5.69 Å². The van der Waals surface area contributed by atoms with E-state index in [9.17, 15) is 5.11 Å². The van der Waals surface area contributed by atoms with Gasteiger partial charge < -0.3 is 14.7 Å². The SMILES string of the molecule is COCCN(CCO)c1ccnc2ccccc12. The number of ether oxygens (including phenoxy) is 1. The number of hydrogen-bond donors (Lipinski definition) is 1. The summed E-state index contributed by atoms with van der Waals surface area (Å²) in [5, 5.41) is 10.3. The van der Waals surface area contributed by atoms with Crippen molar-refractivity contribution in [2.75, 3.05) is 38.3 Å². The maximum atomic E-state index is 9.17. The molecule has 18 heavy (non-hydrogen) atoms. The third kappa shape index (κ3) is 2.78. The Hall–Kier alpha value is -1.65. The van der Waals surface area contributed by atoms with E-state index in [1.54, 1.807) is 13.3 Å². The molecule has 96 valence electrons. The fourth-order valence-electron chi connectivity index (χ4n) is 2.03. The minimum Gasteiger partial charge on any atom is -0.395 e. The number of nitrogens with zero attached hydrogens (tertiary/aromatic N) is 2. The van der Waals surface area contributed by atoms with E-state index in [0.29, 0.717) is 13.2 Å². The second-order valence-corrected chi connectivity index (χ2v) is 4.05. The van der Waals surface area contributed by atoms with Gasteiger partial charge in [0, 0.05) is 37.5 Å². The third-order valence-electron chi connectivity index (χ3n) is 2.90. The molecule has 4 heteroatoms. The van der Waals surface area contributed by atoms with Crippen LogP contribution in [0.15, 0.2) is 36.5 Å². The summed E-state index contributed by atoms with van der Waals surface area (Å²) < 4.78 is 5.11. The van der Waals surface area contributed by atoms with Gasteiger partial charge in [-0.1, -0.05) is 18.2 Å². The lowest BCUT2D eigenvalue weighted by Crippen LogP contribution is -2.30. The van der Waals surface area contributed by atoms with Gasteiger partial charge in [0.1, 0.15) is 0 Å². The molecule has 0 saturated carbocycles. The van der Waals surface area contributed by atoms with Crippen LogP contribution >= 0.6 is 0 Å². The topological polar surface area (TPSA) is 45.6 Å². The van der Waals surface area contributed by atoms with Crippen molar-refractivity contribution in [3.63, 3.8) is 0 Å². The van der Waals surface area contributed by atoms with Gasteiger partial charge in [0.15, 0.2) is 0 Å². The van der Waals surface area contributed by atoms with Gasteiger partial charge in [-0.15, -0.1) is 0 Å². The van der Waals surface area contributed by atoms with Crippen LogP contribution in [0, 0.1) is 0 Å². The van der Waals surface area contributed by atoms with E-state index < -0.39 is 0 Å². The zero-order valence-corrected chi connectivity index (χ0v) is 10.5. The molecule has 0 aliphatic carbocycles. The van der Waals surface area contributed by atoms with Crippen LogP contribution in [-0.2, 0) is 4.74 Å². The van der Waals surface area contributed by atoms with Crippen LogP contribution in [0.3, 0.4) is 0 Å². The number of fused-ring (bicyclic) bond motifs is 1. The molecule has 0 aliphatic heterocycles. The molecule has 0 saturated heterocycles. The minimum atomic E-state index is 0.125. The van der Waals surface area contributed by atoms with Crippen molar-refractivity contribution in [3.8, 4) is 0 Å². The Bertz CT molecular complexity index is 497. The van der Waals surface area contributed by atoms with Gasteiger partial charge in [-0.2, -0.15) is 0 Å². The molecule has 0 fully saturated rings. The average Bonchev–Trinajstić information content (AvgIpc) is 2.43. The number of aliphatic hydroxyl groups excluding tert-OH is 1. The van der Waals surface area contributed by atoms with Crippen LogP contribution < -0.4 is 4.90 Å². The highest BCUT2D eigenvalue weighted by Gasteiger charge is 2.09. The lowest BCUT2D eigenvalue weighted by atomic mass is 10.1.